The van der Waals surface area contributed by atoms with Crippen LogP contribution in [0.1, 0.15) is 15.9 Å². The standard InChI is InChI=1S/C22H22F3N3O7/c1-32-14-9-8-12(10-16(14)34-3)18(29)26-21(22(23,24)25)19(30)28(20(31)27-21)11-13-6-5-7-15(33-2)17(13)35-4/h5-10H,11H2,1-4H3,(H,26,29)(H,27,31)/t21-/m0/s1. The van der Waals surface area contributed by atoms with Crippen molar-refractivity contribution in [1.29, 1.82) is 0 Å². The van der Waals surface area contributed by atoms with Gasteiger partial charge in [0.2, 0.25) is 0 Å². The lowest BCUT2D eigenvalue weighted by Crippen LogP contribution is -2.69. The van der Waals surface area contributed by atoms with Gasteiger partial charge in [-0.3, -0.25) is 19.8 Å². The van der Waals surface area contributed by atoms with E-state index in [-0.39, 0.29) is 34.1 Å². The van der Waals surface area contributed by atoms with E-state index >= 15 is 0 Å². The van der Waals surface area contributed by atoms with Gasteiger partial charge in [0.05, 0.1) is 35.0 Å². The number of amides is 4. The fourth-order valence-corrected chi connectivity index (χ4v) is 3.54. The van der Waals surface area contributed by atoms with Gasteiger partial charge in [-0.1, -0.05) is 12.1 Å². The molecule has 1 heterocycles. The van der Waals surface area contributed by atoms with E-state index in [1.54, 1.807) is 10.6 Å². The van der Waals surface area contributed by atoms with Crippen molar-refractivity contribution < 1.29 is 46.5 Å². The van der Waals surface area contributed by atoms with E-state index in [1.165, 1.54) is 58.8 Å². The van der Waals surface area contributed by atoms with Gasteiger partial charge in [0.25, 0.3) is 17.5 Å². The van der Waals surface area contributed by atoms with Crippen LogP contribution in [0.3, 0.4) is 0 Å². The van der Waals surface area contributed by atoms with Crippen molar-refractivity contribution in [2.75, 3.05) is 28.4 Å². The molecule has 1 fully saturated rings. The monoisotopic (exact) mass is 497 g/mol. The zero-order valence-electron chi connectivity index (χ0n) is 19.1. The number of halogens is 3. The van der Waals surface area contributed by atoms with Crippen LogP contribution in [0.4, 0.5) is 18.0 Å². The lowest BCUT2D eigenvalue weighted by Gasteiger charge is -2.30. The number of para-hydroxylation sites is 1. The Morgan fingerprint density at radius 3 is 2.20 bits per heavy atom. The highest BCUT2D eigenvalue weighted by atomic mass is 19.4. The number of carbonyl (C=O) groups excluding carboxylic acids is 3. The maximum atomic E-state index is 14.2. The van der Waals surface area contributed by atoms with E-state index in [1.807, 2.05) is 0 Å². The molecule has 13 heteroatoms. The molecule has 188 valence electrons. The van der Waals surface area contributed by atoms with Crippen LogP contribution < -0.4 is 29.6 Å². The van der Waals surface area contributed by atoms with Gasteiger partial charge in [0.15, 0.2) is 23.0 Å². The summed E-state index contributed by atoms with van der Waals surface area (Å²) in [6, 6.07) is 6.79. The van der Waals surface area contributed by atoms with Gasteiger partial charge in [0, 0.05) is 11.1 Å². The topological polar surface area (TPSA) is 115 Å². The first-order valence-electron chi connectivity index (χ1n) is 9.98. The third-order valence-corrected chi connectivity index (χ3v) is 5.29. The number of ether oxygens (including phenoxy) is 4. The Hall–Kier alpha value is -4.16. The smallest absolute Gasteiger partial charge is 0.440 e. The number of imide groups is 1. The molecule has 3 rings (SSSR count). The van der Waals surface area contributed by atoms with Gasteiger partial charge in [-0.15, -0.1) is 0 Å². The fourth-order valence-electron chi connectivity index (χ4n) is 3.54. The van der Waals surface area contributed by atoms with E-state index in [9.17, 15) is 27.6 Å². The summed E-state index contributed by atoms with van der Waals surface area (Å²) in [5, 5.41) is 3.24. The van der Waals surface area contributed by atoms with Gasteiger partial charge in [0.1, 0.15) is 0 Å². The van der Waals surface area contributed by atoms with E-state index in [4.69, 9.17) is 18.9 Å². The largest absolute Gasteiger partial charge is 0.493 e. The zero-order valence-corrected chi connectivity index (χ0v) is 19.1. The fraction of sp³-hybridized carbons (Fsp3) is 0.318. The number of methoxy groups -OCH3 is 4. The molecule has 0 bridgehead atoms. The average Bonchev–Trinajstić information content (AvgIpc) is 3.08. The van der Waals surface area contributed by atoms with Crippen LogP contribution in [0, 0.1) is 0 Å². The zero-order chi connectivity index (χ0) is 26.0. The summed E-state index contributed by atoms with van der Waals surface area (Å²) in [5.41, 5.74) is -3.75. The van der Waals surface area contributed by atoms with Crippen molar-refractivity contribution in [3.05, 3.63) is 47.5 Å². The Morgan fingerprint density at radius 1 is 0.971 bits per heavy atom. The molecule has 10 nitrogen and oxygen atoms in total. The average molecular weight is 497 g/mol. The minimum absolute atomic E-state index is 0.0785. The molecule has 2 N–H and O–H groups in total. The molecule has 1 aliphatic heterocycles. The summed E-state index contributed by atoms with van der Waals surface area (Å²) < 4.78 is 63.0. The maximum absolute atomic E-state index is 14.2. The highest BCUT2D eigenvalue weighted by molar-refractivity contribution is 6.10. The molecule has 35 heavy (non-hydrogen) atoms. The van der Waals surface area contributed by atoms with Crippen LogP contribution in [-0.2, 0) is 11.3 Å². The summed E-state index contributed by atoms with van der Waals surface area (Å²) in [5.74, 6) is -2.30. The molecule has 0 unspecified atom stereocenters. The van der Waals surface area contributed by atoms with E-state index < -0.39 is 36.2 Å². The molecule has 4 amide bonds. The van der Waals surface area contributed by atoms with Crippen LogP contribution in [0.15, 0.2) is 36.4 Å². The molecule has 2 aromatic carbocycles. The Kier molecular flexibility index (Phi) is 6.99. The summed E-state index contributed by atoms with van der Waals surface area (Å²) in [4.78, 5) is 38.7. The Labute approximate surface area is 197 Å². The molecule has 1 atom stereocenters. The van der Waals surface area contributed by atoms with Gasteiger partial charge in [-0.25, -0.2) is 4.79 Å². The lowest BCUT2D eigenvalue weighted by atomic mass is 10.1. The van der Waals surface area contributed by atoms with Gasteiger partial charge in [-0.05, 0) is 24.3 Å². The number of urea groups is 1. The summed E-state index contributed by atoms with van der Waals surface area (Å²) in [6.45, 7) is -0.574. The lowest BCUT2D eigenvalue weighted by molar-refractivity contribution is -0.200. The second-order valence-corrected chi connectivity index (χ2v) is 7.25. The molecule has 1 saturated heterocycles. The first-order valence-corrected chi connectivity index (χ1v) is 9.98. The highest BCUT2D eigenvalue weighted by Crippen LogP contribution is 2.37. The van der Waals surface area contributed by atoms with Crippen LogP contribution in [0.5, 0.6) is 23.0 Å². The number of alkyl halides is 3. The second-order valence-electron chi connectivity index (χ2n) is 7.25. The molecule has 0 aromatic heterocycles. The Bertz CT molecular complexity index is 1160. The minimum atomic E-state index is -5.38. The number of nitrogens with one attached hydrogen (secondary N) is 2. The highest BCUT2D eigenvalue weighted by Gasteiger charge is 2.68. The predicted molar refractivity (Wildman–Crippen MR) is 114 cm³/mol. The van der Waals surface area contributed by atoms with Crippen molar-refractivity contribution in [1.82, 2.24) is 15.5 Å². The first-order chi connectivity index (χ1) is 16.5. The molecule has 0 aliphatic carbocycles. The first kappa shape index (κ1) is 25.5. The number of benzene rings is 2. The molecule has 0 saturated carbocycles. The Balaban J connectivity index is 1.96. The van der Waals surface area contributed by atoms with Crippen LogP contribution in [0.25, 0.3) is 0 Å². The van der Waals surface area contributed by atoms with Gasteiger partial charge in [-0.2, -0.15) is 13.2 Å². The number of hydrogen-bond donors (Lipinski definition) is 2. The van der Waals surface area contributed by atoms with Gasteiger partial charge >= 0.3 is 12.2 Å². The number of rotatable bonds is 8. The number of carbonyl (C=O) groups is 3. The summed E-state index contributed by atoms with van der Waals surface area (Å²) >= 11 is 0. The van der Waals surface area contributed by atoms with Crippen LogP contribution in [-0.4, -0.2) is 63.0 Å². The van der Waals surface area contributed by atoms with Crippen molar-refractivity contribution >= 4 is 17.8 Å². The van der Waals surface area contributed by atoms with Crippen molar-refractivity contribution in [3.8, 4) is 23.0 Å². The van der Waals surface area contributed by atoms with Crippen LogP contribution in [0.2, 0.25) is 0 Å². The Morgan fingerprint density at radius 2 is 1.63 bits per heavy atom. The normalized spacial score (nSPS) is 17.6. The maximum Gasteiger partial charge on any atom is 0.440 e. The second kappa shape index (κ2) is 9.60. The van der Waals surface area contributed by atoms with E-state index in [2.05, 4.69) is 0 Å². The third kappa shape index (κ3) is 4.48. The van der Waals surface area contributed by atoms with Crippen molar-refractivity contribution in [2.24, 2.45) is 0 Å². The predicted octanol–water partition coefficient (Wildman–Crippen LogP) is 2.46. The number of nitrogens with zero attached hydrogens (tertiary/aromatic N) is 1. The third-order valence-electron chi connectivity index (χ3n) is 5.29. The molecule has 2 aromatic rings. The molecular weight excluding hydrogens is 475 g/mol. The SMILES string of the molecule is COc1ccc(C(=O)N[C@]2(C(F)(F)F)NC(=O)N(Cc3cccc(OC)c3OC)C2=O)cc1OC. The number of hydrogen-bond acceptors (Lipinski definition) is 7. The summed E-state index contributed by atoms with van der Waals surface area (Å²) in [7, 11) is 5.28. The molecule has 0 radical (unpaired) electrons. The quantitative estimate of drug-likeness (QED) is 0.539. The summed E-state index contributed by atoms with van der Waals surface area (Å²) in [6.07, 6.45) is -5.38. The van der Waals surface area contributed by atoms with E-state index in [0.29, 0.717) is 4.90 Å². The molecule has 0 spiro atoms. The van der Waals surface area contributed by atoms with E-state index in [0.717, 1.165) is 6.07 Å². The minimum Gasteiger partial charge on any atom is -0.493 e. The van der Waals surface area contributed by atoms with Crippen molar-refractivity contribution in [3.63, 3.8) is 0 Å². The van der Waals surface area contributed by atoms with Crippen LogP contribution >= 0.6 is 0 Å². The molecule has 1 aliphatic rings. The van der Waals surface area contributed by atoms with Gasteiger partial charge < -0.3 is 24.3 Å². The van der Waals surface area contributed by atoms with Crippen molar-refractivity contribution in [2.45, 2.75) is 18.4 Å². The molecular formula is C22H22F3N3O7.